The van der Waals surface area contributed by atoms with Crippen molar-refractivity contribution in [3.05, 3.63) is 0 Å². The Kier molecular flexibility index (Phi) is 4.50. The van der Waals surface area contributed by atoms with Crippen LogP contribution in [0.2, 0.25) is 0 Å². The van der Waals surface area contributed by atoms with Gasteiger partial charge in [-0.2, -0.15) is 11.8 Å². The molecule has 15 heavy (non-hydrogen) atoms. The Bertz CT molecular complexity index is 208. The summed E-state index contributed by atoms with van der Waals surface area (Å²) in [6.45, 7) is 4.94. The van der Waals surface area contributed by atoms with Gasteiger partial charge in [-0.15, -0.1) is 0 Å². The van der Waals surface area contributed by atoms with Gasteiger partial charge in [-0.1, -0.05) is 13.8 Å². The fourth-order valence-corrected chi connectivity index (χ4v) is 3.25. The van der Waals surface area contributed by atoms with Crippen molar-refractivity contribution in [1.29, 1.82) is 0 Å². The molecule has 0 spiro atoms. The van der Waals surface area contributed by atoms with Crippen LogP contribution < -0.4 is 5.73 Å². The van der Waals surface area contributed by atoms with Crippen molar-refractivity contribution in [2.24, 2.45) is 16.6 Å². The first kappa shape index (κ1) is 13.3. The quantitative estimate of drug-likeness (QED) is 0.713. The second-order valence-electron chi connectivity index (χ2n) is 5.55. The summed E-state index contributed by atoms with van der Waals surface area (Å²) in [5, 5.41) is 10.4. The van der Waals surface area contributed by atoms with Crippen LogP contribution in [-0.2, 0) is 0 Å². The van der Waals surface area contributed by atoms with Crippen LogP contribution in [0.4, 0.5) is 0 Å². The van der Waals surface area contributed by atoms with Gasteiger partial charge in [0, 0.05) is 12.0 Å². The molecule has 1 saturated carbocycles. The molecule has 2 unspecified atom stereocenters. The number of hydrogen-bond acceptors (Lipinski definition) is 3. The maximum Gasteiger partial charge on any atom is 0.0659 e. The molecule has 0 heterocycles. The zero-order valence-corrected chi connectivity index (χ0v) is 11.1. The van der Waals surface area contributed by atoms with Gasteiger partial charge in [0.1, 0.15) is 0 Å². The highest BCUT2D eigenvalue weighted by Crippen LogP contribution is 2.51. The summed E-state index contributed by atoms with van der Waals surface area (Å²) in [4.78, 5) is 0. The van der Waals surface area contributed by atoms with Crippen molar-refractivity contribution >= 4 is 11.8 Å². The zero-order valence-electron chi connectivity index (χ0n) is 10.3. The molecule has 90 valence electrons. The van der Waals surface area contributed by atoms with Gasteiger partial charge in [-0.05, 0) is 43.1 Å². The molecule has 0 bridgehead atoms. The van der Waals surface area contributed by atoms with E-state index >= 15 is 0 Å². The van der Waals surface area contributed by atoms with Gasteiger partial charge in [0.25, 0.3) is 0 Å². The van der Waals surface area contributed by atoms with E-state index in [1.165, 1.54) is 12.2 Å². The Labute approximate surface area is 98.0 Å². The normalized spacial score (nSPS) is 34.6. The number of thioether (sulfide) groups is 1. The van der Waals surface area contributed by atoms with Gasteiger partial charge in [-0.25, -0.2) is 0 Å². The number of nitrogens with two attached hydrogens (primary N) is 1. The first-order valence-electron chi connectivity index (χ1n) is 5.85. The molecule has 0 saturated heterocycles. The van der Waals surface area contributed by atoms with Crippen LogP contribution in [0, 0.1) is 10.8 Å². The number of aliphatic hydroxyl groups excluding tert-OH is 1. The highest BCUT2D eigenvalue weighted by atomic mass is 32.2. The lowest BCUT2D eigenvalue weighted by Gasteiger charge is -2.36. The minimum absolute atomic E-state index is 0.000764. The first-order valence-corrected chi connectivity index (χ1v) is 7.25. The minimum atomic E-state index is -0.225. The van der Waals surface area contributed by atoms with Crippen LogP contribution in [0.15, 0.2) is 0 Å². The van der Waals surface area contributed by atoms with Crippen molar-refractivity contribution in [2.75, 3.05) is 18.6 Å². The third-order valence-electron chi connectivity index (χ3n) is 4.02. The van der Waals surface area contributed by atoms with Crippen LogP contribution in [0.1, 0.15) is 39.5 Å². The fourth-order valence-electron chi connectivity index (χ4n) is 2.82. The summed E-state index contributed by atoms with van der Waals surface area (Å²) < 4.78 is 0. The predicted octanol–water partition coefficient (Wildman–Crippen LogP) is 2.26. The lowest BCUT2D eigenvalue weighted by atomic mass is 9.75. The van der Waals surface area contributed by atoms with Crippen LogP contribution >= 0.6 is 11.8 Å². The second kappa shape index (κ2) is 5.07. The Morgan fingerprint density at radius 3 is 2.47 bits per heavy atom. The van der Waals surface area contributed by atoms with E-state index in [-0.39, 0.29) is 16.9 Å². The average molecular weight is 231 g/mol. The average Bonchev–Trinajstić information content (AvgIpc) is 2.43. The van der Waals surface area contributed by atoms with Gasteiger partial charge >= 0.3 is 0 Å². The first-order chi connectivity index (χ1) is 6.98. The van der Waals surface area contributed by atoms with E-state index < -0.39 is 0 Å². The van der Waals surface area contributed by atoms with E-state index in [9.17, 15) is 5.11 Å². The third kappa shape index (κ3) is 2.69. The monoisotopic (exact) mass is 231 g/mol. The van der Waals surface area contributed by atoms with E-state index in [2.05, 4.69) is 20.1 Å². The molecule has 1 rings (SSSR count). The van der Waals surface area contributed by atoms with Crippen LogP contribution in [0.3, 0.4) is 0 Å². The van der Waals surface area contributed by atoms with Crippen LogP contribution in [0.25, 0.3) is 0 Å². The molecule has 3 heteroatoms. The van der Waals surface area contributed by atoms with E-state index in [1.54, 1.807) is 0 Å². The maximum atomic E-state index is 10.4. The summed E-state index contributed by atoms with van der Waals surface area (Å²) >= 11 is 1.87. The molecule has 0 amide bonds. The second-order valence-corrected chi connectivity index (χ2v) is 6.54. The summed E-state index contributed by atoms with van der Waals surface area (Å²) in [6.07, 6.45) is 6.35. The molecular formula is C12H25NOS. The van der Waals surface area contributed by atoms with Crippen molar-refractivity contribution < 1.29 is 5.11 Å². The molecule has 0 aromatic carbocycles. The van der Waals surface area contributed by atoms with Crippen molar-refractivity contribution in [2.45, 2.75) is 45.6 Å². The highest BCUT2D eigenvalue weighted by Gasteiger charge is 2.50. The van der Waals surface area contributed by atoms with E-state index in [4.69, 9.17) is 5.73 Å². The van der Waals surface area contributed by atoms with Gasteiger partial charge in [0.05, 0.1) is 6.10 Å². The maximum absolute atomic E-state index is 10.4. The van der Waals surface area contributed by atoms with Crippen molar-refractivity contribution in [1.82, 2.24) is 0 Å². The smallest absolute Gasteiger partial charge is 0.0659 e. The predicted molar refractivity (Wildman–Crippen MR) is 68.1 cm³/mol. The summed E-state index contributed by atoms with van der Waals surface area (Å²) in [5.74, 6) is 1.18. The fraction of sp³-hybridized carbons (Fsp3) is 1.00. The Morgan fingerprint density at radius 1 is 1.40 bits per heavy atom. The largest absolute Gasteiger partial charge is 0.392 e. The molecule has 2 nitrogen and oxygen atoms in total. The van der Waals surface area contributed by atoms with Crippen molar-refractivity contribution in [3.8, 4) is 0 Å². The molecule has 1 fully saturated rings. The molecule has 3 N–H and O–H groups in total. The number of hydrogen-bond donors (Lipinski definition) is 2. The Hall–Kier alpha value is 0.270. The lowest BCUT2D eigenvalue weighted by Crippen LogP contribution is -2.42. The van der Waals surface area contributed by atoms with Crippen LogP contribution in [-0.4, -0.2) is 29.8 Å². The van der Waals surface area contributed by atoms with Crippen LogP contribution in [0.5, 0.6) is 0 Å². The molecule has 1 aliphatic carbocycles. The van der Waals surface area contributed by atoms with E-state index in [1.807, 2.05) is 11.8 Å². The number of rotatable bonds is 5. The van der Waals surface area contributed by atoms with E-state index in [0.29, 0.717) is 6.54 Å². The summed E-state index contributed by atoms with van der Waals surface area (Å²) in [6, 6.07) is 0. The standard InChI is InChI=1S/C12H25NOS/c1-11(2)6-7-12(9-13,10(11)14)5-4-8-15-3/h10,14H,4-9,13H2,1-3H3. The zero-order chi connectivity index (χ0) is 11.5. The van der Waals surface area contributed by atoms with Gasteiger partial charge < -0.3 is 10.8 Å². The Morgan fingerprint density at radius 2 is 2.07 bits per heavy atom. The highest BCUT2D eigenvalue weighted by molar-refractivity contribution is 7.98. The van der Waals surface area contributed by atoms with Crippen molar-refractivity contribution in [3.63, 3.8) is 0 Å². The molecule has 0 aromatic heterocycles. The molecule has 1 aliphatic rings. The Balaban J connectivity index is 2.61. The molecular weight excluding hydrogens is 206 g/mol. The third-order valence-corrected chi connectivity index (χ3v) is 4.71. The molecule has 2 atom stereocenters. The molecule has 0 aromatic rings. The molecule has 0 radical (unpaired) electrons. The summed E-state index contributed by atoms with van der Waals surface area (Å²) in [7, 11) is 0. The van der Waals surface area contributed by atoms with Gasteiger partial charge in [0.2, 0.25) is 0 Å². The number of aliphatic hydroxyl groups is 1. The van der Waals surface area contributed by atoms with Gasteiger partial charge in [-0.3, -0.25) is 0 Å². The minimum Gasteiger partial charge on any atom is -0.392 e. The lowest BCUT2D eigenvalue weighted by molar-refractivity contribution is -0.00925. The topological polar surface area (TPSA) is 46.2 Å². The van der Waals surface area contributed by atoms with Gasteiger partial charge in [0.15, 0.2) is 0 Å². The summed E-state index contributed by atoms with van der Waals surface area (Å²) in [5.41, 5.74) is 5.95. The molecule has 0 aliphatic heterocycles. The van der Waals surface area contributed by atoms with E-state index in [0.717, 1.165) is 19.3 Å². The SMILES string of the molecule is CSCCCC1(CN)CCC(C)(C)C1O.